The molecule has 2 nitrogen and oxygen atoms in total. The van der Waals surface area contributed by atoms with Gasteiger partial charge in [-0.05, 0) is 19.8 Å². The number of allylic oxidation sites excluding steroid dienone is 4. The highest BCUT2D eigenvalue weighted by molar-refractivity contribution is 5.87. The molecule has 1 aliphatic rings. The first-order valence-electron chi connectivity index (χ1n) is 5.47. The van der Waals surface area contributed by atoms with E-state index in [1.54, 1.807) is 6.92 Å². The zero-order valence-electron chi connectivity index (χ0n) is 9.74. The van der Waals surface area contributed by atoms with E-state index in [1.165, 1.54) is 0 Å². The molecule has 0 aromatic carbocycles. The molecule has 86 valence electrons. The van der Waals surface area contributed by atoms with E-state index in [-0.39, 0.29) is 12.1 Å². The van der Waals surface area contributed by atoms with E-state index in [9.17, 15) is 4.79 Å². The number of carbonyl (C=O) groups is 1. The van der Waals surface area contributed by atoms with Crippen molar-refractivity contribution in [1.82, 2.24) is 0 Å². The predicted molar refractivity (Wildman–Crippen MR) is 66.0 cm³/mol. The second-order valence-corrected chi connectivity index (χ2v) is 4.03. The van der Waals surface area contributed by atoms with Crippen LogP contribution in [0, 0.1) is 0 Å². The third kappa shape index (κ3) is 4.30. The van der Waals surface area contributed by atoms with Gasteiger partial charge in [0.2, 0.25) is 0 Å². The van der Waals surface area contributed by atoms with E-state index in [4.69, 9.17) is 4.74 Å². The van der Waals surface area contributed by atoms with Crippen molar-refractivity contribution in [2.45, 2.75) is 32.3 Å². The highest BCUT2D eigenvalue weighted by atomic mass is 16.5. The van der Waals surface area contributed by atoms with E-state index in [1.807, 2.05) is 18.2 Å². The van der Waals surface area contributed by atoms with Crippen molar-refractivity contribution in [1.29, 1.82) is 0 Å². The van der Waals surface area contributed by atoms with Crippen LogP contribution in [0.5, 0.6) is 0 Å². The first kappa shape index (κ1) is 12.5. The molecule has 0 heterocycles. The monoisotopic (exact) mass is 218 g/mol. The molecule has 0 saturated heterocycles. The summed E-state index contributed by atoms with van der Waals surface area (Å²) in [7, 11) is 0. The van der Waals surface area contributed by atoms with Crippen LogP contribution in [-0.2, 0) is 9.53 Å². The largest absolute Gasteiger partial charge is 0.459 e. The lowest BCUT2D eigenvalue weighted by atomic mass is 10.1. The van der Waals surface area contributed by atoms with Crippen LogP contribution in [-0.4, -0.2) is 12.1 Å². The fraction of sp³-hybridized carbons (Fsp3) is 0.357. The number of hydrogen-bond acceptors (Lipinski definition) is 2. The summed E-state index contributed by atoms with van der Waals surface area (Å²) < 4.78 is 5.35. The van der Waals surface area contributed by atoms with Gasteiger partial charge in [0.1, 0.15) is 6.10 Å². The van der Waals surface area contributed by atoms with Crippen molar-refractivity contribution in [3.05, 3.63) is 48.6 Å². The molecule has 0 bridgehead atoms. The molecule has 0 saturated carbocycles. The summed E-state index contributed by atoms with van der Waals surface area (Å²) >= 11 is 0. The molecule has 0 amide bonds. The van der Waals surface area contributed by atoms with Gasteiger partial charge in [-0.1, -0.05) is 43.0 Å². The summed E-state index contributed by atoms with van der Waals surface area (Å²) in [6.07, 6.45) is 10.3. The Hall–Kier alpha value is -1.57. The molecule has 1 aliphatic carbocycles. The lowest BCUT2D eigenvalue weighted by Crippen LogP contribution is -2.18. The molecule has 0 N–H and O–H groups in total. The summed E-state index contributed by atoms with van der Waals surface area (Å²) in [4.78, 5) is 11.4. The van der Waals surface area contributed by atoms with Crippen LogP contribution in [0.15, 0.2) is 48.6 Å². The summed E-state index contributed by atoms with van der Waals surface area (Å²) in [6, 6.07) is 0. The van der Waals surface area contributed by atoms with Crippen LogP contribution in [0.2, 0.25) is 0 Å². The van der Waals surface area contributed by atoms with Crippen molar-refractivity contribution >= 4 is 5.97 Å². The Bertz CT molecular complexity index is 348. The highest BCUT2D eigenvalue weighted by Gasteiger charge is 2.15. The van der Waals surface area contributed by atoms with Gasteiger partial charge in [0.15, 0.2) is 0 Å². The normalized spacial score (nSPS) is 24.8. The van der Waals surface area contributed by atoms with E-state index in [0.29, 0.717) is 12.0 Å². The second-order valence-electron chi connectivity index (χ2n) is 4.03. The Balaban J connectivity index is 2.60. The van der Waals surface area contributed by atoms with E-state index < -0.39 is 0 Å². The van der Waals surface area contributed by atoms with Gasteiger partial charge in [0.05, 0.1) is 0 Å². The minimum atomic E-state index is -0.315. The van der Waals surface area contributed by atoms with Crippen LogP contribution >= 0.6 is 0 Å². The average molecular weight is 218 g/mol. The van der Waals surface area contributed by atoms with Crippen molar-refractivity contribution < 1.29 is 9.53 Å². The maximum Gasteiger partial charge on any atom is 0.333 e. The quantitative estimate of drug-likeness (QED) is 0.525. The SMILES string of the molecule is C=C1/C=C\C=C/CCC(OC(=O)C(=C)C)C1. The molecule has 1 atom stereocenters. The Morgan fingerprint density at radius 1 is 1.50 bits per heavy atom. The van der Waals surface area contributed by atoms with Crippen LogP contribution in [0.25, 0.3) is 0 Å². The van der Waals surface area contributed by atoms with Crippen molar-refractivity contribution in [3.63, 3.8) is 0 Å². The topological polar surface area (TPSA) is 26.3 Å². The predicted octanol–water partition coefficient (Wildman–Crippen LogP) is 3.33. The lowest BCUT2D eigenvalue weighted by molar-refractivity contribution is -0.144. The van der Waals surface area contributed by atoms with Gasteiger partial charge in [-0.2, -0.15) is 0 Å². The Labute approximate surface area is 97.0 Å². The maximum atomic E-state index is 11.4. The van der Waals surface area contributed by atoms with Crippen LogP contribution in [0.4, 0.5) is 0 Å². The smallest absolute Gasteiger partial charge is 0.333 e. The molecule has 0 fully saturated rings. The number of carbonyl (C=O) groups excluding carboxylic acids is 1. The fourth-order valence-electron chi connectivity index (χ4n) is 1.46. The van der Waals surface area contributed by atoms with Crippen molar-refractivity contribution in [2.24, 2.45) is 0 Å². The molecule has 0 spiro atoms. The Morgan fingerprint density at radius 2 is 2.25 bits per heavy atom. The summed E-state index contributed by atoms with van der Waals surface area (Å²) in [5.74, 6) is -0.315. The van der Waals surface area contributed by atoms with E-state index >= 15 is 0 Å². The van der Waals surface area contributed by atoms with Crippen molar-refractivity contribution in [3.8, 4) is 0 Å². The molecule has 0 aromatic rings. The first-order valence-corrected chi connectivity index (χ1v) is 5.47. The average Bonchev–Trinajstić information content (AvgIpc) is 2.30. The second kappa shape index (κ2) is 6.11. The van der Waals surface area contributed by atoms with Gasteiger partial charge < -0.3 is 4.74 Å². The van der Waals surface area contributed by atoms with Gasteiger partial charge in [0.25, 0.3) is 0 Å². The summed E-state index contributed by atoms with van der Waals surface area (Å²) in [6.45, 7) is 9.16. The number of hydrogen-bond donors (Lipinski definition) is 0. The van der Waals surface area contributed by atoms with Gasteiger partial charge in [-0.15, -0.1) is 0 Å². The van der Waals surface area contributed by atoms with Crippen molar-refractivity contribution in [2.75, 3.05) is 0 Å². The molecule has 1 unspecified atom stereocenters. The zero-order chi connectivity index (χ0) is 12.0. The Kier molecular flexibility index (Phi) is 4.77. The minimum absolute atomic E-state index is 0.0934. The van der Waals surface area contributed by atoms with Crippen LogP contribution in [0.3, 0.4) is 0 Å². The highest BCUT2D eigenvalue weighted by Crippen LogP contribution is 2.17. The molecule has 0 radical (unpaired) electrons. The number of esters is 1. The standard InChI is InChI=1S/C14H18O2/c1-11(2)14(15)16-13-9-7-5-4-6-8-12(3)10-13/h4-6,8,13H,1,3,7,9-10H2,2H3/b5-4-,8-6-. The van der Waals surface area contributed by atoms with E-state index in [0.717, 1.165) is 18.4 Å². The first-order chi connectivity index (χ1) is 7.59. The van der Waals surface area contributed by atoms with E-state index in [2.05, 4.69) is 19.2 Å². The molecule has 2 heteroatoms. The third-order valence-electron chi connectivity index (χ3n) is 2.35. The minimum Gasteiger partial charge on any atom is -0.459 e. The Morgan fingerprint density at radius 3 is 2.94 bits per heavy atom. The number of ether oxygens (including phenoxy) is 1. The van der Waals surface area contributed by atoms with Gasteiger partial charge in [0, 0.05) is 12.0 Å². The number of rotatable bonds is 2. The lowest BCUT2D eigenvalue weighted by Gasteiger charge is -2.17. The molecular weight excluding hydrogens is 200 g/mol. The van der Waals surface area contributed by atoms with Crippen LogP contribution < -0.4 is 0 Å². The molecule has 0 aliphatic heterocycles. The molecule has 0 aromatic heterocycles. The molecule has 1 rings (SSSR count). The van der Waals surface area contributed by atoms with Gasteiger partial charge >= 0.3 is 5.97 Å². The molecule has 16 heavy (non-hydrogen) atoms. The maximum absolute atomic E-state index is 11.4. The van der Waals surface area contributed by atoms with Crippen LogP contribution in [0.1, 0.15) is 26.2 Å². The molecular formula is C14H18O2. The fourth-order valence-corrected chi connectivity index (χ4v) is 1.46. The third-order valence-corrected chi connectivity index (χ3v) is 2.35. The summed E-state index contributed by atoms with van der Waals surface area (Å²) in [5, 5.41) is 0. The van der Waals surface area contributed by atoms with Gasteiger partial charge in [-0.3, -0.25) is 0 Å². The zero-order valence-corrected chi connectivity index (χ0v) is 9.74. The summed E-state index contributed by atoms with van der Waals surface area (Å²) in [5.41, 5.74) is 1.42. The van der Waals surface area contributed by atoms with Gasteiger partial charge in [-0.25, -0.2) is 4.79 Å².